The summed E-state index contributed by atoms with van der Waals surface area (Å²) < 4.78 is 44.4. The molecule has 6 nitrogen and oxygen atoms in total. The van der Waals surface area contributed by atoms with E-state index in [1.54, 1.807) is 18.5 Å². The van der Waals surface area contributed by atoms with Gasteiger partial charge in [-0.15, -0.1) is 21.8 Å². The van der Waals surface area contributed by atoms with Crippen molar-refractivity contribution in [1.82, 2.24) is 20.1 Å². The van der Waals surface area contributed by atoms with Crippen molar-refractivity contribution in [2.24, 2.45) is 13.0 Å². The van der Waals surface area contributed by atoms with Crippen LogP contribution in [0.5, 0.6) is 0 Å². The molecule has 2 fully saturated rings. The van der Waals surface area contributed by atoms with E-state index in [1.165, 1.54) is 11.0 Å². The van der Waals surface area contributed by atoms with Gasteiger partial charge in [-0.05, 0) is 85.9 Å². The highest BCUT2D eigenvalue weighted by Crippen LogP contribution is 2.46. The van der Waals surface area contributed by atoms with E-state index < -0.39 is 17.6 Å². The quantitative estimate of drug-likeness (QED) is 0.353. The maximum absolute atomic E-state index is 14.2. The molecule has 2 aromatic carbocycles. The minimum absolute atomic E-state index is 0.0327. The maximum Gasteiger partial charge on any atom is 0.416 e. The first-order chi connectivity index (χ1) is 18.5. The average Bonchev–Trinajstić information content (AvgIpc) is 3.43. The molecule has 2 aliphatic carbocycles. The Morgan fingerprint density at radius 3 is 2.59 bits per heavy atom. The van der Waals surface area contributed by atoms with Crippen molar-refractivity contribution in [3.63, 3.8) is 0 Å². The Balaban J connectivity index is 1.33. The molecule has 1 unspecified atom stereocenters. The molecule has 206 valence electrons. The number of hydrogen-bond donors (Lipinski definition) is 1. The summed E-state index contributed by atoms with van der Waals surface area (Å²) in [5.41, 5.74) is 1.35. The number of aryl methyl sites for hydroxylation is 1. The van der Waals surface area contributed by atoms with Crippen molar-refractivity contribution in [2.75, 3.05) is 4.90 Å². The number of nitrogens with zero attached hydrogens (tertiary/aromatic N) is 4. The molecular formula is C29H31ClF3N5O. The molecule has 1 amide bonds. The number of alkyl halides is 4. The van der Waals surface area contributed by atoms with E-state index in [0.29, 0.717) is 11.3 Å². The first-order valence-corrected chi connectivity index (χ1v) is 13.8. The number of halogens is 4. The number of hydrogen-bond acceptors (Lipinski definition) is 4. The minimum atomic E-state index is -4.56. The van der Waals surface area contributed by atoms with Crippen LogP contribution in [-0.4, -0.2) is 31.6 Å². The zero-order valence-electron chi connectivity index (χ0n) is 21.9. The van der Waals surface area contributed by atoms with Crippen LogP contribution in [0, 0.1) is 5.92 Å². The van der Waals surface area contributed by atoms with Gasteiger partial charge in [0.1, 0.15) is 12.2 Å². The predicted octanol–water partition coefficient (Wildman–Crippen LogP) is 6.18. The molecule has 10 heteroatoms. The number of nitrogens with one attached hydrogen (secondary N) is 1. The number of benzene rings is 2. The Labute approximate surface area is 230 Å². The third kappa shape index (κ3) is 4.84. The van der Waals surface area contributed by atoms with Gasteiger partial charge in [0.15, 0.2) is 0 Å². The van der Waals surface area contributed by atoms with Gasteiger partial charge < -0.3 is 14.8 Å². The first-order valence-electron chi connectivity index (χ1n) is 13.4. The van der Waals surface area contributed by atoms with Crippen LogP contribution in [0.1, 0.15) is 83.4 Å². The van der Waals surface area contributed by atoms with E-state index in [2.05, 4.69) is 22.4 Å². The van der Waals surface area contributed by atoms with Gasteiger partial charge >= 0.3 is 6.18 Å². The Morgan fingerprint density at radius 1 is 1.21 bits per heavy atom. The lowest BCUT2D eigenvalue weighted by Crippen LogP contribution is -2.47. The second-order valence-electron chi connectivity index (χ2n) is 11.5. The van der Waals surface area contributed by atoms with Crippen molar-refractivity contribution >= 4 is 23.2 Å². The van der Waals surface area contributed by atoms with Crippen LogP contribution in [-0.2, 0) is 26.3 Å². The SMILES string of the molecule is Cn1cnnc1C(c1cccc(N2Cc3c(cc(CNC4(C)CCC4)cc3C(F)(F)F)C2=O)c1)C1CC(Cl)C1. The molecule has 1 N–H and O–H groups in total. The lowest BCUT2D eigenvalue weighted by molar-refractivity contribution is -0.138. The Kier molecular flexibility index (Phi) is 6.50. The van der Waals surface area contributed by atoms with Gasteiger partial charge in [0.05, 0.1) is 12.1 Å². The fourth-order valence-electron chi connectivity index (χ4n) is 6.18. The molecule has 1 aromatic heterocycles. The van der Waals surface area contributed by atoms with Crippen LogP contribution in [0.2, 0.25) is 0 Å². The molecular weight excluding hydrogens is 527 g/mol. The third-order valence-electron chi connectivity index (χ3n) is 8.74. The van der Waals surface area contributed by atoms with E-state index in [-0.39, 0.29) is 47.0 Å². The Morgan fingerprint density at radius 2 is 1.97 bits per heavy atom. The predicted molar refractivity (Wildman–Crippen MR) is 143 cm³/mol. The van der Waals surface area contributed by atoms with E-state index in [0.717, 1.165) is 43.5 Å². The Bertz CT molecular complexity index is 1410. The maximum atomic E-state index is 14.2. The lowest BCUT2D eigenvalue weighted by atomic mass is 9.72. The van der Waals surface area contributed by atoms with Gasteiger partial charge in [-0.25, -0.2) is 0 Å². The second kappa shape index (κ2) is 9.63. The van der Waals surface area contributed by atoms with E-state index in [4.69, 9.17) is 11.6 Å². The normalized spacial score (nSPS) is 22.8. The van der Waals surface area contributed by atoms with Gasteiger partial charge in [-0.2, -0.15) is 13.2 Å². The number of amides is 1. The van der Waals surface area contributed by atoms with E-state index >= 15 is 0 Å². The van der Waals surface area contributed by atoms with Crippen molar-refractivity contribution in [3.8, 4) is 0 Å². The molecule has 6 rings (SSSR count). The van der Waals surface area contributed by atoms with Gasteiger partial charge in [0.25, 0.3) is 5.91 Å². The summed E-state index contributed by atoms with van der Waals surface area (Å²) in [5, 5.41) is 11.9. The molecule has 3 aliphatic rings. The summed E-state index contributed by atoms with van der Waals surface area (Å²) in [6, 6.07) is 10.3. The van der Waals surface area contributed by atoms with E-state index in [1.807, 2.05) is 29.8 Å². The largest absolute Gasteiger partial charge is 0.416 e. The molecule has 39 heavy (non-hydrogen) atoms. The van der Waals surface area contributed by atoms with Gasteiger partial charge in [-0.3, -0.25) is 4.79 Å². The molecule has 2 saturated carbocycles. The van der Waals surface area contributed by atoms with Gasteiger partial charge in [0, 0.05) is 41.7 Å². The molecule has 1 atom stereocenters. The highest BCUT2D eigenvalue weighted by molar-refractivity contribution is 6.21. The van der Waals surface area contributed by atoms with Crippen LogP contribution < -0.4 is 10.2 Å². The van der Waals surface area contributed by atoms with Crippen LogP contribution in [0.25, 0.3) is 0 Å². The summed E-state index contributed by atoms with van der Waals surface area (Å²) in [6.45, 7) is 2.25. The summed E-state index contributed by atoms with van der Waals surface area (Å²) in [6.07, 6.45) is 1.87. The molecule has 0 spiro atoms. The van der Waals surface area contributed by atoms with E-state index in [9.17, 15) is 18.0 Å². The number of rotatable bonds is 7. The topological polar surface area (TPSA) is 63.1 Å². The fraction of sp³-hybridized carbons (Fsp3) is 0.483. The summed E-state index contributed by atoms with van der Waals surface area (Å²) in [4.78, 5) is 15.1. The van der Waals surface area contributed by atoms with Crippen LogP contribution >= 0.6 is 11.6 Å². The van der Waals surface area contributed by atoms with Crippen LogP contribution in [0.3, 0.4) is 0 Å². The van der Waals surface area contributed by atoms with Gasteiger partial charge in [-0.1, -0.05) is 12.1 Å². The number of fused-ring (bicyclic) bond motifs is 1. The highest BCUT2D eigenvalue weighted by Gasteiger charge is 2.42. The first kappa shape index (κ1) is 26.3. The fourth-order valence-corrected chi connectivity index (χ4v) is 6.64. The standard InChI is InChI=1S/C29H31ClF3N5O/c1-28(7-4-8-28)34-14-17-9-22-23(24(10-17)29(31,32)33)15-38(27(22)39)21-6-3-5-18(13-21)25(19-11-20(30)12-19)26-36-35-16-37(26)2/h3,5-6,9-10,13,16,19-20,25,34H,4,7-8,11-12,14-15H2,1-2H3. The lowest BCUT2D eigenvalue weighted by Gasteiger charge is -2.39. The summed E-state index contributed by atoms with van der Waals surface area (Å²) in [7, 11) is 1.89. The van der Waals surface area contributed by atoms with Crippen LogP contribution in [0.15, 0.2) is 42.7 Å². The summed E-state index contributed by atoms with van der Waals surface area (Å²) >= 11 is 6.31. The number of carbonyl (C=O) groups excluding carboxylic acids is 1. The minimum Gasteiger partial charge on any atom is -0.320 e. The van der Waals surface area contributed by atoms with Crippen molar-refractivity contribution in [3.05, 3.63) is 76.4 Å². The average molecular weight is 558 g/mol. The zero-order chi connectivity index (χ0) is 27.5. The molecule has 2 heterocycles. The molecule has 0 radical (unpaired) electrons. The molecule has 0 bridgehead atoms. The number of anilines is 1. The Hall–Kier alpha value is -2.91. The highest BCUT2D eigenvalue weighted by atomic mass is 35.5. The molecule has 3 aromatic rings. The monoisotopic (exact) mass is 557 g/mol. The van der Waals surface area contributed by atoms with Crippen molar-refractivity contribution < 1.29 is 18.0 Å². The molecule has 0 saturated heterocycles. The zero-order valence-corrected chi connectivity index (χ0v) is 22.7. The third-order valence-corrected chi connectivity index (χ3v) is 9.09. The van der Waals surface area contributed by atoms with Crippen LogP contribution in [0.4, 0.5) is 18.9 Å². The van der Waals surface area contributed by atoms with Crippen molar-refractivity contribution in [2.45, 2.75) is 75.1 Å². The summed E-state index contributed by atoms with van der Waals surface area (Å²) in [5.74, 6) is 0.572. The second-order valence-corrected chi connectivity index (χ2v) is 12.1. The molecule has 1 aliphatic heterocycles. The number of aromatic nitrogens is 3. The number of carbonyl (C=O) groups is 1. The van der Waals surface area contributed by atoms with Gasteiger partial charge in [0.2, 0.25) is 0 Å². The van der Waals surface area contributed by atoms with Crippen molar-refractivity contribution in [1.29, 1.82) is 0 Å². The smallest absolute Gasteiger partial charge is 0.320 e.